The van der Waals surface area contributed by atoms with Crippen LogP contribution in [-0.2, 0) is 22.4 Å². The van der Waals surface area contributed by atoms with E-state index in [0.29, 0.717) is 5.69 Å². The van der Waals surface area contributed by atoms with Gasteiger partial charge >= 0.3 is 5.97 Å². The number of aryl methyl sites for hydroxylation is 2. The Balaban J connectivity index is 1.87. The minimum atomic E-state index is -1.16. The van der Waals surface area contributed by atoms with Crippen LogP contribution in [0, 0.1) is 5.82 Å². The molecule has 0 heterocycles. The highest BCUT2D eigenvalue weighted by Gasteiger charge is 2.07. The first-order valence-corrected chi connectivity index (χ1v) is 6.88. The molecule has 0 saturated carbocycles. The highest BCUT2D eigenvalue weighted by Crippen LogP contribution is 2.13. The van der Waals surface area contributed by atoms with Crippen molar-refractivity contribution in [3.8, 4) is 0 Å². The summed E-state index contributed by atoms with van der Waals surface area (Å²) in [4.78, 5) is 21.7. The quantitative estimate of drug-likeness (QED) is 0.806. The summed E-state index contributed by atoms with van der Waals surface area (Å²) >= 11 is 0. The third-order valence-corrected chi connectivity index (χ3v) is 3.17. The van der Waals surface area contributed by atoms with E-state index >= 15 is 0 Å². The predicted molar refractivity (Wildman–Crippen MR) is 81.1 cm³/mol. The summed E-state index contributed by atoms with van der Waals surface area (Å²) in [6.45, 7) is 0. The SMILES string of the molecule is O=C(O)CC(=O)Nc1ccc(CCc2ccc(F)cc2)cc1. The molecule has 0 bridgehead atoms. The molecule has 0 aliphatic carbocycles. The van der Waals surface area contributed by atoms with Crippen molar-refractivity contribution in [3.63, 3.8) is 0 Å². The molecule has 22 heavy (non-hydrogen) atoms. The minimum absolute atomic E-state index is 0.245. The van der Waals surface area contributed by atoms with Gasteiger partial charge in [-0.3, -0.25) is 9.59 Å². The van der Waals surface area contributed by atoms with Gasteiger partial charge in [-0.05, 0) is 48.2 Å². The van der Waals surface area contributed by atoms with Crippen molar-refractivity contribution in [2.24, 2.45) is 0 Å². The molecule has 114 valence electrons. The van der Waals surface area contributed by atoms with Crippen molar-refractivity contribution in [1.82, 2.24) is 0 Å². The zero-order valence-electron chi connectivity index (χ0n) is 11.9. The molecule has 0 fully saturated rings. The lowest BCUT2D eigenvalue weighted by atomic mass is 10.0. The molecule has 0 aliphatic rings. The summed E-state index contributed by atoms with van der Waals surface area (Å²) in [5, 5.41) is 11.0. The fourth-order valence-electron chi connectivity index (χ4n) is 2.04. The van der Waals surface area contributed by atoms with E-state index in [4.69, 9.17) is 5.11 Å². The Kier molecular flexibility index (Phi) is 5.25. The highest BCUT2D eigenvalue weighted by atomic mass is 19.1. The Bertz CT molecular complexity index is 651. The van der Waals surface area contributed by atoms with E-state index in [2.05, 4.69) is 5.32 Å². The Morgan fingerprint density at radius 3 is 1.91 bits per heavy atom. The van der Waals surface area contributed by atoms with E-state index < -0.39 is 18.3 Å². The second kappa shape index (κ2) is 7.36. The number of carboxylic acid groups (broad SMARTS) is 1. The molecule has 4 nitrogen and oxygen atoms in total. The molecule has 2 aromatic carbocycles. The second-order valence-electron chi connectivity index (χ2n) is 4.94. The molecule has 0 aromatic heterocycles. The molecule has 0 spiro atoms. The van der Waals surface area contributed by atoms with Crippen molar-refractivity contribution >= 4 is 17.6 Å². The van der Waals surface area contributed by atoms with Gasteiger partial charge in [-0.2, -0.15) is 0 Å². The third kappa shape index (κ3) is 5.01. The van der Waals surface area contributed by atoms with Gasteiger partial charge in [-0.25, -0.2) is 4.39 Å². The zero-order chi connectivity index (χ0) is 15.9. The molecule has 1 amide bonds. The Labute approximate surface area is 127 Å². The van der Waals surface area contributed by atoms with E-state index in [1.54, 1.807) is 24.3 Å². The normalized spacial score (nSPS) is 10.2. The second-order valence-corrected chi connectivity index (χ2v) is 4.94. The number of anilines is 1. The summed E-state index contributed by atoms with van der Waals surface area (Å²) in [7, 11) is 0. The maximum atomic E-state index is 12.8. The van der Waals surface area contributed by atoms with Crippen molar-refractivity contribution in [1.29, 1.82) is 0 Å². The van der Waals surface area contributed by atoms with Crippen LogP contribution in [0.15, 0.2) is 48.5 Å². The maximum Gasteiger partial charge on any atom is 0.312 e. The number of amides is 1. The topological polar surface area (TPSA) is 66.4 Å². The summed E-state index contributed by atoms with van der Waals surface area (Å²) < 4.78 is 12.8. The van der Waals surface area contributed by atoms with Gasteiger partial charge in [0.25, 0.3) is 0 Å². The fraction of sp³-hybridized carbons (Fsp3) is 0.176. The number of carbonyl (C=O) groups is 2. The molecular formula is C17H16FNO3. The molecule has 0 aliphatic heterocycles. The van der Waals surface area contributed by atoms with Crippen LogP contribution in [0.2, 0.25) is 0 Å². The van der Waals surface area contributed by atoms with Gasteiger partial charge in [0.1, 0.15) is 12.2 Å². The Hall–Kier alpha value is -2.69. The number of aliphatic carboxylic acids is 1. The third-order valence-electron chi connectivity index (χ3n) is 3.17. The largest absolute Gasteiger partial charge is 0.481 e. The molecule has 0 unspecified atom stereocenters. The van der Waals surface area contributed by atoms with Gasteiger partial charge in [0.2, 0.25) is 5.91 Å². The van der Waals surface area contributed by atoms with E-state index in [1.807, 2.05) is 12.1 Å². The summed E-state index contributed by atoms with van der Waals surface area (Å²) in [6, 6.07) is 13.6. The zero-order valence-corrected chi connectivity index (χ0v) is 11.9. The molecule has 2 rings (SSSR count). The highest BCUT2D eigenvalue weighted by molar-refractivity contribution is 6.01. The average molecular weight is 301 g/mol. The van der Waals surface area contributed by atoms with Crippen LogP contribution in [0.4, 0.5) is 10.1 Å². The van der Waals surface area contributed by atoms with E-state index in [0.717, 1.165) is 24.0 Å². The first kappa shape index (κ1) is 15.7. The number of rotatable bonds is 6. The van der Waals surface area contributed by atoms with Gasteiger partial charge in [-0.1, -0.05) is 24.3 Å². The summed E-state index contributed by atoms with van der Waals surface area (Å²) in [5.41, 5.74) is 2.71. The monoisotopic (exact) mass is 301 g/mol. The number of carboxylic acids is 1. The van der Waals surface area contributed by atoms with Gasteiger partial charge < -0.3 is 10.4 Å². The average Bonchev–Trinajstić information content (AvgIpc) is 2.47. The van der Waals surface area contributed by atoms with E-state index in [-0.39, 0.29) is 5.82 Å². The molecule has 5 heteroatoms. The van der Waals surface area contributed by atoms with E-state index in [9.17, 15) is 14.0 Å². The lowest BCUT2D eigenvalue weighted by Crippen LogP contribution is -2.15. The maximum absolute atomic E-state index is 12.8. The fourth-order valence-corrected chi connectivity index (χ4v) is 2.04. The van der Waals surface area contributed by atoms with Gasteiger partial charge in [0.15, 0.2) is 0 Å². The molecule has 0 radical (unpaired) electrons. The lowest BCUT2D eigenvalue weighted by molar-refractivity contribution is -0.139. The minimum Gasteiger partial charge on any atom is -0.481 e. The van der Waals surface area contributed by atoms with Gasteiger partial charge in [-0.15, -0.1) is 0 Å². The van der Waals surface area contributed by atoms with Gasteiger partial charge in [0, 0.05) is 5.69 Å². The van der Waals surface area contributed by atoms with Crippen molar-refractivity contribution in [3.05, 3.63) is 65.5 Å². The smallest absolute Gasteiger partial charge is 0.312 e. The summed E-state index contributed by atoms with van der Waals surface area (Å²) in [5.74, 6) is -1.95. The first-order chi connectivity index (χ1) is 10.5. The van der Waals surface area contributed by atoms with E-state index in [1.165, 1.54) is 12.1 Å². The van der Waals surface area contributed by atoms with Crippen molar-refractivity contribution < 1.29 is 19.1 Å². The van der Waals surface area contributed by atoms with Crippen LogP contribution in [0.1, 0.15) is 17.5 Å². The number of benzene rings is 2. The standard InChI is InChI=1S/C17H16FNO3/c18-14-7-3-12(4-8-14)1-2-13-5-9-15(10-6-13)19-16(20)11-17(21)22/h3-10H,1-2,11H2,(H,19,20)(H,21,22). The lowest BCUT2D eigenvalue weighted by Gasteiger charge is -2.06. The predicted octanol–water partition coefficient (Wildman–Crippen LogP) is 3.02. The molecular weight excluding hydrogens is 285 g/mol. The molecule has 2 aromatic rings. The number of nitrogens with one attached hydrogen (secondary N) is 1. The number of hydrogen-bond acceptors (Lipinski definition) is 2. The first-order valence-electron chi connectivity index (χ1n) is 6.88. The van der Waals surface area contributed by atoms with Crippen LogP contribution in [0.25, 0.3) is 0 Å². The Morgan fingerprint density at radius 2 is 1.41 bits per heavy atom. The summed E-state index contributed by atoms with van der Waals surface area (Å²) in [6.07, 6.45) is 1.05. The number of carbonyl (C=O) groups excluding carboxylic acids is 1. The van der Waals surface area contributed by atoms with Crippen molar-refractivity contribution in [2.75, 3.05) is 5.32 Å². The number of hydrogen-bond donors (Lipinski definition) is 2. The van der Waals surface area contributed by atoms with Crippen LogP contribution in [0.3, 0.4) is 0 Å². The molecule has 0 saturated heterocycles. The molecule has 2 N–H and O–H groups in total. The number of halogens is 1. The Morgan fingerprint density at radius 1 is 0.909 bits per heavy atom. The van der Waals surface area contributed by atoms with Crippen LogP contribution in [0.5, 0.6) is 0 Å². The van der Waals surface area contributed by atoms with Crippen LogP contribution < -0.4 is 5.32 Å². The van der Waals surface area contributed by atoms with Gasteiger partial charge in [0.05, 0.1) is 0 Å². The van der Waals surface area contributed by atoms with Crippen LogP contribution in [-0.4, -0.2) is 17.0 Å². The van der Waals surface area contributed by atoms with Crippen LogP contribution >= 0.6 is 0 Å². The van der Waals surface area contributed by atoms with Crippen molar-refractivity contribution in [2.45, 2.75) is 19.3 Å². The molecule has 0 atom stereocenters.